The summed E-state index contributed by atoms with van der Waals surface area (Å²) in [5.74, 6) is -2.65. The van der Waals surface area contributed by atoms with Crippen molar-refractivity contribution in [3.8, 4) is 0 Å². The van der Waals surface area contributed by atoms with Gasteiger partial charge in [-0.3, -0.25) is 0 Å². The number of anilines is 3. The summed E-state index contributed by atoms with van der Waals surface area (Å²) < 4.78 is 26.6. The summed E-state index contributed by atoms with van der Waals surface area (Å²) in [4.78, 5) is 12.4. The van der Waals surface area contributed by atoms with Crippen LogP contribution in [0.3, 0.4) is 0 Å². The van der Waals surface area contributed by atoms with Crippen LogP contribution in [-0.2, 0) is 0 Å². The zero-order chi connectivity index (χ0) is 14.9. The average Bonchev–Trinajstić information content (AvgIpc) is 2.40. The van der Waals surface area contributed by atoms with Gasteiger partial charge in [-0.1, -0.05) is 0 Å². The van der Waals surface area contributed by atoms with Crippen LogP contribution in [0.5, 0.6) is 0 Å². The van der Waals surface area contributed by atoms with Gasteiger partial charge < -0.3 is 15.7 Å². The van der Waals surface area contributed by atoms with Crippen LogP contribution in [0.1, 0.15) is 10.4 Å². The molecule has 0 aromatic heterocycles. The molecule has 0 radical (unpaired) electrons. The summed E-state index contributed by atoms with van der Waals surface area (Å²) >= 11 is 0. The van der Waals surface area contributed by atoms with E-state index in [1.165, 1.54) is 24.3 Å². The number of carbonyl (C=O) groups is 1. The van der Waals surface area contributed by atoms with Crippen molar-refractivity contribution in [1.82, 2.24) is 0 Å². The molecule has 0 aliphatic heterocycles. The summed E-state index contributed by atoms with van der Waals surface area (Å²) in [7, 11) is 1.62. The maximum atomic E-state index is 13.7. The molecule has 4 nitrogen and oxygen atoms in total. The second-order valence-electron chi connectivity index (χ2n) is 4.23. The highest BCUT2D eigenvalue weighted by Crippen LogP contribution is 2.31. The van der Waals surface area contributed by atoms with Crippen molar-refractivity contribution in [2.45, 2.75) is 0 Å². The summed E-state index contributed by atoms with van der Waals surface area (Å²) in [6.45, 7) is 0. The molecular formula is C14H12F2N2O2. The fourth-order valence-corrected chi connectivity index (χ4v) is 1.84. The molecule has 0 spiro atoms. The van der Waals surface area contributed by atoms with Gasteiger partial charge in [0.2, 0.25) is 0 Å². The maximum Gasteiger partial charge on any atom is 0.338 e. The molecule has 2 aromatic carbocycles. The number of halogens is 2. The summed E-state index contributed by atoms with van der Waals surface area (Å²) in [5, 5.41) is 8.82. The number of benzene rings is 2. The Kier molecular flexibility index (Phi) is 3.56. The van der Waals surface area contributed by atoms with Crippen molar-refractivity contribution in [2.75, 3.05) is 17.7 Å². The molecule has 0 aliphatic rings. The van der Waals surface area contributed by atoms with Crippen molar-refractivity contribution in [3.05, 3.63) is 53.6 Å². The highest BCUT2D eigenvalue weighted by molar-refractivity contribution is 5.91. The number of carboxylic acids is 1. The fraction of sp³-hybridized carbons (Fsp3) is 0.0714. The first-order valence-corrected chi connectivity index (χ1v) is 5.71. The Morgan fingerprint density at radius 1 is 1.20 bits per heavy atom. The molecule has 0 atom stereocenters. The molecule has 6 heteroatoms. The Morgan fingerprint density at radius 2 is 1.80 bits per heavy atom. The predicted octanol–water partition coefficient (Wildman–Crippen LogP) is 3.01. The second kappa shape index (κ2) is 5.16. The van der Waals surface area contributed by atoms with Gasteiger partial charge in [0.1, 0.15) is 11.6 Å². The van der Waals surface area contributed by atoms with E-state index in [1.54, 1.807) is 11.9 Å². The first-order chi connectivity index (χ1) is 9.40. The molecular weight excluding hydrogens is 266 g/mol. The van der Waals surface area contributed by atoms with E-state index in [9.17, 15) is 13.6 Å². The van der Waals surface area contributed by atoms with Crippen LogP contribution in [0.4, 0.5) is 25.8 Å². The van der Waals surface area contributed by atoms with Gasteiger partial charge in [-0.2, -0.15) is 0 Å². The number of nitrogens with zero attached hydrogens (tertiary/aromatic N) is 1. The molecule has 104 valence electrons. The Morgan fingerprint density at radius 3 is 2.35 bits per heavy atom. The summed E-state index contributed by atoms with van der Waals surface area (Å²) in [6.07, 6.45) is 0. The molecule has 0 bridgehead atoms. The van der Waals surface area contributed by atoms with Crippen molar-refractivity contribution >= 4 is 23.0 Å². The Balaban J connectivity index is 2.45. The number of hydrogen-bond donors (Lipinski definition) is 2. The monoisotopic (exact) mass is 278 g/mol. The van der Waals surface area contributed by atoms with E-state index in [-0.39, 0.29) is 11.5 Å². The lowest BCUT2D eigenvalue weighted by atomic mass is 10.1. The van der Waals surface area contributed by atoms with Gasteiger partial charge in [-0.15, -0.1) is 0 Å². The SMILES string of the molecule is CN(c1ccc(F)cc1)c1cc(F)c(C(=O)O)cc1N. The lowest BCUT2D eigenvalue weighted by molar-refractivity contribution is 0.0692. The average molecular weight is 278 g/mol. The maximum absolute atomic E-state index is 13.7. The number of nitrogens with two attached hydrogens (primary N) is 1. The van der Waals surface area contributed by atoms with Crippen LogP contribution < -0.4 is 10.6 Å². The molecule has 2 aromatic rings. The van der Waals surface area contributed by atoms with Crippen LogP contribution in [0, 0.1) is 11.6 Å². The lowest BCUT2D eigenvalue weighted by Crippen LogP contribution is -2.13. The van der Waals surface area contributed by atoms with Crippen LogP contribution >= 0.6 is 0 Å². The molecule has 0 saturated carbocycles. The fourth-order valence-electron chi connectivity index (χ4n) is 1.84. The Labute approximate surface area is 114 Å². The van der Waals surface area contributed by atoms with Gasteiger partial charge in [-0.05, 0) is 30.3 Å². The van der Waals surface area contributed by atoms with Crippen LogP contribution in [0.2, 0.25) is 0 Å². The topological polar surface area (TPSA) is 66.6 Å². The van der Waals surface area contributed by atoms with Crippen molar-refractivity contribution < 1.29 is 18.7 Å². The number of hydrogen-bond acceptors (Lipinski definition) is 3. The van der Waals surface area contributed by atoms with Gasteiger partial charge in [-0.25, -0.2) is 13.6 Å². The second-order valence-corrected chi connectivity index (χ2v) is 4.23. The minimum absolute atomic E-state index is 0.121. The summed E-state index contributed by atoms with van der Waals surface area (Å²) in [5.41, 5.74) is 6.29. The van der Waals surface area contributed by atoms with E-state index >= 15 is 0 Å². The number of nitrogen functional groups attached to an aromatic ring is 1. The molecule has 20 heavy (non-hydrogen) atoms. The molecule has 0 amide bonds. The van der Waals surface area contributed by atoms with E-state index in [4.69, 9.17) is 10.8 Å². The van der Waals surface area contributed by atoms with E-state index < -0.39 is 17.3 Å². The number of aromatic carboxylic acids is 1. The summed E-state index contributed by atoms with van der Waals surface area (Å²) in [6, 6.07) is 7.67. The van der Waals surface area contributed by atoms with Crippen LogP contribution in [0.25, 0.3) is 0 Å². The van der Waals surface area contributed by atoms with Crippen molar-refractivity contribution in [3.63, 3.8) is 0 Å². The zero-order valence-electron chi connectivity index (χ0n) is 10.6. The predicted molar refractivity (Wildman–Crippen MR) is 72.2 cm³/mol. The van der Waals surface area contributed by atoms with E-state index in [1.807, 2.05) is 0 Å². The standard InChI is InChI=1S/C14H12F2N2O2/c1-18(9-4-2-8(15)3-5-9)13-7-11(16)10(14(19)20)6-12(13)17/h2-7H,17H2,1H3,(H,19,20). The van der Waals surface area contributed by atoms with Crippen molar-refractivity contribution in [2.24, 2.45) is 0 Å². The van der Waals surface area contributed by atoms with Crippen LogP contribution in [0.15, 0.2) is 36.4 Å². The number of rotatable bonds is 3. The third kappa shape index (κ3) is 2.54. The van der Waals surface area contributed by atoms with E-state index in [0.29, 0.717) is 11.4 Å². The first-order valence-electron chi connectivity index (χ1n) is 5.71. The zero-order valence-corrected chi connectivity index (χ0v) is 10.6. The van der Waals surface area contributed by atoms with Gasteiger partial charge in [0.15, 0.2) is 0 Å². The largest absolute Gasteiger partial charge is 0.478 e. The van der Waals surface area contributed by atoms with Gasteiger partial charge in [0.25, 0.3) is 0 Å². The first kappa shape index (κ1) is 13.8. The van der Waals surface area contributed by atoms with E-state index in [2.05, 4.69) is 0 Å². The normalized spacial score (nSPS) is 10.3. The van der Waals surface area contributed by atoms with Crippen LogP contribution in [-0.4, -0.2) is 18.1 Å². The highest BCUT2D eigenvalue weighted by atomic mass is 19.1. The van der Waals surface area contributed by atoms with Gasteiger partial charge in [0, 0.05) is 18.8 Å². The quantitative estimate of drug-likeness (QED) is 0.847. The van der Waals surface area contributed by atoms with E-state index in [0.717, 1.165) is 12.1 Å². The van der Waals surface area contributed by atoms with Crippen molar-refractivity contribution in [1.29, 1.82) is 0 Å². The molecule has 2 rings (SSSR count). The lowest BCUT2D eigenvalue weighted by Gasteiger charge is -2.21. The smallest absolute Gasteiger partial charge is 0.338 e. The molecule has 0 heterocycles. The molecule has 0 aliphatic carbocycles. The molecule has 3 N–H and O–H groups in total. The molecule has 0 unspecified atom stereocenters. The molecule has 0 fully saturated rings. The Bertz CT molecular complexity index is 657. The Hall–Kier alpha value is -2.63. The third-order valence-electron chi connectivity index (χ3n) is 2.92. The van der Waals surface area contributed by atoms with Gasteiger partial charge in [0.05, 0.1) is 16.9 Å². The molecule has 0 saturated heterocycles. The highest BCUT2D eigenvalue weighted by Gasteiger charge is 2.16. The van der Waals surface area contributed by atoms with Gasteiger partial charge >= 0.3 is 5.97 Å². The third-order valence-corrected chi connectivity index (χ3v) is 2.92. The number of carboxylic acid groups (broad SMARTS) is 1. The minimum Gasteiger partial charge on any atom is -0.478 e. The minimum atomic E-state index is -1.38.